The number of hydrogen-bond acceptors (Lipinski definition) is 0. The molecule has 0 heterocycles. The van der Waals surface area contributed by atoms with Crippen LogP contribution in [0.2, 0.25) is 0 Å². The summed E-state index contributed by atoms with van der Waals surface area (Å²) in [6.07, 6.45) is 16.9. The highest BCUT2D eigenvalue weighted by Crippen LogP contribution is 2.75. The van der Waals surface area contributed by atoms with E-state index in [4.69, 9.17) is 0 Å². The molecule has 6 saturated carbocycles. The normalized spacial score (nSPS) is 49.5. The van der Waals surface area contributed by atoms with E-state index in [1.807, 2.05) is 13.8 Å². The van der Waals surface area contributed by atoms with Crippen LogP contribution >= 0.6 is 0 Å². The van der Waals surface area contributed by atoms with Crippen LogP contribution in [0, 0.1) is 45.3 Å². The monoisotopic (exact) mass is 410 g/mol. The van der Waals surface area contributed by atoms with Gasteiger partial charge in [-0.1, -0.05) is 65.8 Å². The Balaban J connectivity index is 0.00000106. The van der Waals surface area contributed by atoms with Gasteiger partial charge in [-0.2, -0.15) is 0 Å². The first kappa shape index (κ1) is 22.7. The second-order valence-electron chi connectivity index (χ2n) is 13.0. The van der Waals surface area contributed by atoms with Crippen LogP contribution in [-0.2, 0) is 0 Å². The Hall–Kier alpha value is -0.520. The first-order valence-corrected chi connectivity index (χ1v) is 13.5. The van der Waals surface area contributed by atoms with Gasteiger partial charge >= 0.3 is 0 Å². The lowest BCUT2D eigenvalue weighted by Gasteiger charge is -2.65. The minimum absolute atomic E-state index is 0.481. The van der Waals surface area contributed by atoms with Crippen molar-refractivity contribution in [1.29, 1.82) is 0 Å². The molecule has 6 aliphatic carbocycles. The summed E-state index contributed by atoms with van der Waals surface area (Å²) in [6, 6.07) is 0. The number of rotatable bonds is 0. The fourth-order valence-electron chi connectivity index (χ4n) is 9.89. The lowest BCUT2D eigenvalue weighted by molar-refractivity contribution is -0.166. The van der Waals surface area contributed by atoms with E-state index in [9.17, 15) is 0 Å². The van der Waals surface area contributed by atoms with E-state index in [2.05, 4.69) is 40.9 Å². The number of hydrogen-bond donors (Lipinski definition) is 0. The van der Waals surface area contributed by atoms with Crippen LogP contribution in [0.4, 0.5) is 0 Å². The maximum Gasteiger partial charge on any atom is -0.0201 e. The highest BCUT2D eigenvalue weighted by atomic mass is 14.7. The Morgan fingerprint density at radius 3 is 2.00 bits per heavy atom. The first-order chi connectivity index (χ1) is 14.1. The average Bonchev–Trinajstić information content (AvgIpc) is 3.25. The first-order valence-electron chi connectivity index (χ1n) is 13.5. The molecule has 6 aliphatic rings. The Morgan fingerprint density at radius 1 is 0.700 bits per heavy atom. The van der Waals surface area contributed by atoms with Crippen molar-refractivity contribution in [2.24, 2.45) is 45.3 Å². The topological polar surface area (TPSA) is 0 Å². The lowest BCUT2D eigenvalue weighted by atomic mass is 9.39. The van der Waals surface area contributed by atoms with Crippen molar-refractivity contribution in [2.75, 3.05) is 0 Å². The van der Waals surface area contributed by atoms with Gasteiger partial charge in [-0.15, -0.1) is 0 Å². The van der Waals surface area contributed by atoms with Crippen LogP contribution in [0.15, 0.2) is 24.3 Å². The second-order valence-corrected chi connectivity index (χ2v) is 13.0. The van der Waals surface area contributed by atoms with E-state index < -0.39 is 0 Å². The van der Waals surface area contributed by atoms with E-state index >= 15 is 0 Å². The second kappa shape index (κ2) is 7.52. The summed E-state index contributed by atoms with van der Waals surface area (Å²) in [6.45, 7) is 23.6. The van der Waals surface area contributed by atoms with Gasteiger partial charge in [0, 0.05) is 0 Å². The molecule has 2 bridgehead atoms. The molecule has 0 nitrogen and oxygen atoms in total. The zero-order chi connectivity index (χ0) is 21.9. The maximum atomic E-state index is 4.49. The predicted octanol–water partition coefficient (Wildman–Crippen LogP) is 9.36. The molecule has 0 radical (unpaired) electrons. The largest absolute Gasteiger partial charge is 0.0999 e. The molecule has 6 unspecified atom stereocenters. The maximum absolute atomic E-state index is 4.49. The summed E-state index contributed by atoms with van der Waals surface area (Å²) < 4.78 is 0. The van der Waals surface area contributed by atoms with Gasteiger partial charge in [0.1, 0.15) is 0 Å². The van der Waals surface area contributed by atoms with Crippen molar-refractivity contribution >= 4 is 0 Å². The van der Waals surface area contributed by atoms with Crippen molar-refractivity contribution in [1.82, 2.24) is 0 Å². The number of fused-ring (bicyclic) bond motifs is 7. The van der Waals surface area contributed by atoms with Gasteiger partial charge in [-0.05, 0) is 122 Å². The van der Waals surface area contributed by atoms with Crippen LogP contribution in [0.3, 0.4) is 0 Å². The van der Waals surface area contributed by atoms with Crippen molar-refractivity contribution in [3.8, 4) is 0 Å². The molecule has 0 aromatic carbocycles. The third-order valence-electron chi connectivity index (χ3n) is 12.0. The molecule has 6 rings (SSSR count). The molecule has 6 fully saturated rings. The molecule has 0 aromatic rings. The van der Waals surface area contributed by atoms with E-state index in [1.165, 1.54) is 77.0 Å². The quantitative estimate of drug-likeness (QED) is 0.349. The van der Waals surface area contributed by atoms with E-state index in [0.717, 1.165) is 23.7 Å². The Bertz CT molecular complexity index is 697. The minimum atomic E-state index is 0.481. The van der Waals surface area contributed by atoms with E-state index in [0.29, 0.717) is 21.7 Å². The summed E-state index contributed by atoms with van der Waals surface area (Å²) in [4.78, 5) is 0. The summed E-state index contributed by atoms with van der Waals surface area (Å²) in [5, 5.41) is 0. The Kier molecular flexibility index (Phi) is 5.68. The third kappa shape index (κ3) is 2.97. The van der Waals surface area contributed by atoms with Crippen LogP contribution in [0.1, 0.15) is 119 Å². The van der Waals surface area contributed by atoms with Crippen molar-refractivity contribution in [2.45, 2.75) is 119 Å². The highest BCUT2D eigenvalue weighted by molar-refractivity contribution is 5.21. The van der Waals surface area contributed by atoms with Gasteiger partial charge in [-0.25, -0.2) is 0 Å². The average molecular weight is 411 g/mol. The predicted molar refractivity (Wildman–Crippen MR) is 131 cm³/mol. The standard InChI is InChI=1S/C28H44.C2H6/c1-19-7-8-21-18-25(3,4)26(5,13-9-19)22-11-14-27(6)23(24(21)22)12-16-28(27)15-10-20(2)17-28;1-2/h21-24H,1-2,7-18H2,3-6H3;1-2H3/t21?,22?,23?,24?,26?,27?,28-;/m1./s1. The van der Waals surface area contributed by atoms with Crippen molar-refractivity contribution in [3.63, 3.8) is 0 Å². The smallest absolute Gasteiger partial charge is 0.0201 e. The van der Waals surface area contributed by atoms with Gasteiger partial charge in [0.25, 0.3) is 0 Å². The van der Waals surface area contributed by atoms with Crippen LogP contribution in [0.25, 0.3) is 0 Å². The Morgan fingerprint density at radius 2 is 1.33 bits per heavy atom. The van der Waals surface area contributed by atoms with Gasteiger partial charge in [-0.3, -0.25) is 0 Å². The molecule has 0 aromatic heterocycles. The van der Waals surface area contributed by atoms with Crippen molar-refractivity contribution < 1.29 is 0 Å². The molecule has 0 N–H and O–H groups in total. The molecular weight excluding hydrogens is 360 g/mol. The molecule has 170 valence electrons. The van der Waals surface area contributed by atoms with E-state index in [-0.39, 0.29) is 0 Å². The molecule has 30 heavy (non-hydrogen) atoms. The van der Waals surface area contributed by atoms with Gasteiger partial charge in [0.2, 0.25) is 0 Å². The highest BCUT2D eigenvalue weighted by Gasteiger charge is 2.67. The fraction of sp³-hybridized carbons (Fsp3) is 0.867. The van der Waals surface area contributed by atoms with E-state index in [1.54, 1.807) is 11.1 Å². The van der Waals surface area contributed by atoms with Gasteiger partial charge < -0.3 is 0 Å². The lowest BCUT2D eigenvalue weighted by Crippen LogP contribution is -2.58. The summed E-state index contributed by atoms with van der Waals surface area (Å²) in [5.41, 5.74) is 5.28. The minimum Gasteiger partial charge on any atom is -0.0999 e. The summed E-state index contributed by atoms with van der Waals surface area (Å²) >= 11 is 0. The molecule has 0 aliphatic heterocycles. The van der Waals surface area contributed by atoms with Crippen molar-refractivity contribution in [3.05, 3.63) is 24.3 Å². The molecule has 0 heteroatoms. The molecule has 1 spiro atoms. The van der Waals surface area contributed by atoms with Crippen LogP contribution in [-0.4, -0.2) is 0 Å². The summed E-state index contributed by atoms with van der Waals surface area (Å²) in [5.74, 6) is 3.84. The fourth-order valence-corrected chi connectivity index (χ4v) is 9.89. The van der Waals surface area contributed by atoms with Gasteiger partial charge in [0.05, 0.1) is 0 Å². The van der Waals surface area contributed by atoms with Crippen LogP contribution in [0.5, 0.6) is 0 Å². The van der Waals surface area contributed by atoms with Crippen LogP contribution < -0.4 is 0 Å². The number of allylic oxidation sites excluding steroid dienone is 2. The molecule has 0 amide bonds. The summed E-state index contributed by atoms with van der Waals surface area (Å²) in [7, 11) is 0. The zero-order valence-corrected chi connectivity index (χ0v) is 21.2. The Labute approximate surface area is 188 Å². The molecule has 7 atom stereocenters. The third-order valence-corrected chi connectivity index (χ3v) is 12.0. The SMILES string of the molecule is C=C1CCC2CC(C)(C)C(C)(CC1)C1CCC3(C)C(CC[C@@]34CCC(=C)C4)C21.CC. The van der Waals surface area contributed by atoms with Gasteiger partial charge in [0.15, 0.2) is 0 Å². The zero-order valence-electron chi connectivity index (χ0n) is 21.2. The molecule has 0 saturated heterocycles. The molecular formula is C30H50.